The van der Waals surface area contributed by atoms with Crippen molar-refractivity contribution in [1.82, 2.24) is 15.6 Å². The van der Waals surface area contributed by atoms with Crippen molar-refractivity contribution in [3.8, 4) is 0 Å². The van der Waals surface area contributed by atoms with E-state index in [1.165, 1.54) is 5.56 Å². The largest absolute Gasteiger partial charge is 0.334 e. The number of carbonyl (C=O) groups excluding carboxylic acids is 1. The fourth-order valence-corrected chi connectivity index (χ4v) is 3.10. The van der Waals surface area contributed by atoms with Crippen LogP contribution in [0.3, 0.4) is 0 Å². The van der Waals surface area contributed by atoms with Gasteiger partial charge in [0.1, 0.15) is 5.01 Å². The fraction of sp³-hybridized carbons (Fsp3) is 0.176. The molecule has 0 fully saturated rings. The standard InChI is InChI=1S/C17H17N3OS/c1-12-6-2-3-7-13(12)10-18-17(21)19-11-16-20-14-8-4-5-9-15(14)22-16/h2-9H,10-11H2,1H3,(H2,18,19,21). The number of hydrogen-bond acceptors (Lipinski definition) is 3. The van der Waals surface area contributed by atoms with E-state index in [-0.39, 0.29) is 6.03 Å². The van der Waals surface area contributed by atoms with Gasteiger partial charge in [0, 0.05) is 6.54 Å². The number of carbonyl (C=O) groups is 1. The molecular weight excluding hydrogens is 294 g/mol. The van der Waals surface area contributed by atoms with Crippen molar-refractivity contribution in [3.05, 3.63) is 64.7 Å². The van der Waals surface area contributed by atoms with Crippen molar-refractivity contribution in [2.45, 2.75) is 20.0 Å². The zero-order chi connectivity index (χ0) is 15.4. The van der Waals surface area contributed by atoms with Gasteiger partial charge in [-0.1, -0.05) is 36.4 Å². The molecule has 2 N–H and O–H groups in total. The molecule has 0 aliphatic carbocycles. The summed E-state index contributed by atoms with van der Waals surface area (Å²) in [6.45, 7) is 3.01. The Hall–Kier alpha value is -2.40. The first-order valence-corrected chi connectivity index (χ1v) is 7.94. The molecule has 3 aromatic rings. The van der Waals surface area contributed by atoms with E-state index in [0.29, 0.717) is 13.1 Å². The molecule has 2 aromatic carbocycles. The molecule has 0 atom stereocenters. The van der Waals surface area contributed by atoms with E-state index in [1.54, 1.807) is 11.3 Å². The molecule has 2 amide bonds. The highest BCUT2D eigenvalue weighted by molar-refractivity contribution is 7.18. The van der Waals surface area contributed by atoms with Crippen LogP contribution in [0.4, 0.5) is 4.79 Å². The Morgan fingerprint density at radius 2 is 1.77 bits per heavy atom. The minimum atomic E-state index is -0.178. The summed E-state index contributed by atoms with van der Waals surface area (Å²) >= 11 is 1.60. The number of fused-ring (bicyclic) bond motifs is 1. The molecule has 0 aliphatic heterocycles. The van der Waals surface area contributed by atoms with Gasteiger partial charge < -0.3 is 10.6 Å². The Morgan fingerprint density at radius 1 is 1.05 bits per heavy atom. The van der Waals surface area contributed by atoms with Gasteiger partial charge in [0.05, 0.1) is 16.8 Å². The van der Waals surface area contributed by atoms with Gasteiger partial charge in [-0.15, -0.1) is 11.3 Å². The van der Waals surface area contributed by atoms with Crippen LogP contribution >= 0.6 is 11.3 Å². The van der Waals surface area contributed by atoms with Crippen molar-refractivity contribution >= 4 is 27.6 Å². The zero-order valence-electron chi connectivity index (χ0n) is 12.3. The number of hydrogen-bond donors (Lipinski definition) is 2. The van der Waals surface area contributed by atoms with Crippen LogP contribution in [0.15, 0.2) is 48.5 Å². The summed E-state index contributed by atoms with van der Waals surface area (Å²) in [5.41, 5.74) is 3.27. The molecule has 0 aliphatic rings. The van der Waals surface area contributed by atoms with Crippen molar-refractivity contribution < 1.29 is 4.79 Å². The molecule has 0 saturated carbocycles. The number of para-hydroxylation sites is 1. The van der Waals surface area contributed by atoms with E-state index in [9.17, 15) is 4.79 Å². The maximum Gasteiger partial charge on any atom is 0.315 e. The molecule has 0 radical (unpaired) electrons. The summed E-state index contributed by atoms with van der Waals surface area (Å²) in [7, 11) is 0. The summed E-state index contributed by atoms with van der Waals surface area (Å²) in [6.07, 6.45) is 0. The van der Waals surface area contributed by atoms with Gasteiger partial charge in [0.2, 0.25) is 0 Å². The first kappa shape index (κ1) is 14.5. The second-order valence-corrected chi connectivity index (χ2v) is 6.15. The van der Waals surface area contributed by atoms with E-state index >= 15 is 0 Å². The maximum atomic E-state index is 11.9. The van der Waals surface area contributed by atoms with Crippen LogP contribution in [-0.2, 0) is 13.1 Å². The maximum absolute atomic E-state index is 11.9. The third-order valence-electron chi connectivity index (χ3n) is 3.44. The number of benzene rings is 2. The summed E-state index contributed by atoms with van der Waals surface area (Å²) in [5.74, 6) is 0. The Kier molecular flexibility index (Phi) is 4.34. The lowest BCUT2D eigenvalue weighted by atomic mass is 10.1. The highest BCUT2D eigenvalue weighted by Gasteiger charge is 2.06. The summed E-state index contributed by atoms with van der Waals surface area (Å²) in [4.78, 5) is 16.4. The summed E-state index contributed by atoms with van der Waals surface area (Å²) in [6, 6.07) is 15.8. The van der Waals surface area contributed by atoms with E-state index in [1.807, 2.05) is 55.5 Å². The van der Waals surface area contributed by atoms with Gasteiger partial charge in [-0.25, -0.2) is 9.78 Å². The molecule has 1 aromatic heterocycles. The minimum absolute atomic E-state index is 0.178. The summed E-state index contributed by atoms with van der Waals surface area (Å²) < 4.78 is 1.14. The average molecular weight is 311 g/mol. The predicted molar refractivity (Wildman–Crippen MR) is 89.9 cm³/mol. The lowest BCUT2D eigenvalue weighted by Gasteiger charge is -2.08. The molecular formula is C17H17N3OS. The van der Waals surface area contributed by atoms with Gasteiger partial charge in [-0.05, 0) is 30.2 Å². The number of aryl methyl sites for hydroxylation is 1. The second kappa shape index (κ2) is 6.58. The van der Waals surface area contributed by atoms with Crippen molar-refractivity contribution in [2.75, 3.05) is 0 Å². The molecule has 112 valence electrons. The van der Waals surface area contributed by atoms with Crippen LogP contribution in [0, 0.1) is 6.92 Å². The molecule has 1 heterocycles. The van der Waals surface area contributed by atoms with Crippen LogP contribution in [0.25, 0.3) is 10.2 Å². The number of urea groups is 1. The molecule has 3 rings (SSSR count). The number of thiazole rings is 1. The Balaban J connectivity index is 1.53. The van der Waals surface area contributed by atoms with Gasteiger partial charge in [-0.2, -0.15) is 0 Å². The highest BCUT2D eigenvalue weighted by atomic mass is 32.1. The lowest BCUT2D eigenvalue weighted by Crippen LogP contribution is -2.34. The first-order valence-electron chi connectivity index (χ1n) is 7.13. The average Bonchev–Trinajstić information content (AvgIpc) is 2.95. The molecule has 0 unspecified atom stereocenters. The molecule has 4 nitrogen and oxygen atoms in total. The SMILES string of the molecule is Cc1ccccc1CNC(=O)NCc1nc2ccccc2s1. The van der Waals surface area contributed by atoms with Crippen LogP contribution in [0.1, 0.15) is 16.1 Å². The van der Waals surface area contributed by atoms with Crippen LogP contribution in [0.5, 0.6) is 0 Å². The Labute approximate surface area is 133 Å². The predicted octanol–water partition coefficient (Wildman–Crippen LogP) is 3.60. The summed E-state index contributed by atoms with van der Waals surface area (Å²) in [5, 5.41) is 6.63. The van der Waals surface area contributed by atoms with E-state index in [0.717, 1.165) is 20.8 Å². The van der Waals surface area contributed by atoms with Crippen molar-refractivity contribution in [1.29, 1.82) is 0 Å². The lowest BCUT2D eigenvalue weighted by molar-refractivity contribution is 0.240. The highest BCUT2D eigenvalue weighted by Crippen LogP contribution is 2.21. The normalized spacial score (nSPS) is 10.6. The molecule has 5 heteroatoms. The minimum Gasteiger partial charge on any atom is -0.334 e. The van der Waals surface area contributed by atoms with Crippen LogP contribution < -0.4 is 10.6 Å². The van der Waals surface area contributed by atoms with Crippen LogP contribution in [0.2, 0.25) is 0 Å². The van der Waals surface area contributed by atoms with Crippen molar-refractivity contribution in [2.24, 2.45) is 0 Å². The fourth-order valence-electron chi connectivity index (χ4n) is 2.20. The second-order valence-electron chi connectivity index (χ2n) is 5.04. The van der Waals surface area contributed by atoms with E-state index in [4.69, 9.17) is 0 Å². The van der Waals surface area contributed by atoms with Crippen LogP contribution in [-0.4, -0.2) is 11.0 Å². The van der Waals surface area contributed by atoms with Gasteiger partial charge in [-0.3, -0.25) is 0 Å². The third kappa shape index (κ3) is 3.43. The number of rotatable bonds is 4. The monoisotopic (exact) mass is 311 g/mol. The quantitative estimate of drug-likeness (QED) is 0.773. The van der Waals surface area contributed by atoms with Gasteiger partial charge in [0.15, 0.2) is 0 Å². The topological polar surface area (TPSA) is 54.0 Å². The Bertz CT molecular complexity index is 764. The van der Waals surface area contributed by atoms with Gasteiger partial charge >= 0.3 is 6.03 Å². The zero-order valence-corrected chi connectivity index (χ0v) is 13.1. The third-order valence-corrected chi connectivity index (χ3v) is 4.48. The number of aromatic nitrogens is 1. The molecule has 0 bridgehead atoms. The van der Waals surface area contributed by atoms with Gasteiger partial charge in [0.25, 0.3) is 0 Å². The van der Waals surface area contributed by atoms with E-state index in [2.05, 4.69) is 15.6 Å². The molecule has 0 saturated heterocycles. The molecule has 0 spiro atoms. The molecule has 22 heavy (non-hydrogen) atoms. The number of nitrogens with zero attached hydrogens (tertiary/aromatic N) is 1. The van der Waals surface area contributed by atoms with Crippen molar-refractivity contribution in [3.63, 3.8) is 0 Å². The number of nitrogens with one attached hydrogen (secondary N) is 2. The number of amides is 2. The van der Waals surface area contributed by atoms with E-state index < -0.39 is 0 Å². The Morgan fingerprint density at radius 3 is 2.59 bits per heavy atom. The smallest absolute Gasteiger partial charge is 0.315 e. The first-order chi connectivity index (χ1) is 10.7.